The Hall–Kier alpha value is -1.73. The Bertz CT molecular complexity index is 528. The van der Waals surface area contributed by atoms with E-state index in [1.807, 2.05) is 26.1 Å². The van der Waals surface area contributed by atoms with Gasteiger partial charge in [-0.05, 0) is 51.8 Å². The van der Waals surface area contributed by atoms with Gasteiger partial charge in [0.25, 0.3) is 0 Å². The van der Waals surface area contributed by atoms with Crippen LogP contribution in [0, 0.1) is 18.3 Å². The first kappa shape index (κ1) is 15.7. The third-order valence-electron chi connectivity index (χ3n) is 4.73. The fourth-order valence-electron chi connectivity index (χ4n) is 3.36. The van der Waals surface area contributed by atoms with Crippen molar-refractivity contribution in [1.29, 1.82) is 5.26 Å². The molecule has 0 heterocycles. The lowest BCUT2D eigenvalue weighted by molar-refractivity contribution is 0.351. The molecule has 0 unspecified atom stereocenters. The molecule has 1 aromatic rings. The molecule has 0 saturated heterocycles. The number of hydrogen-bond donors (Lipinski definition) is 1. The lowest BCUT2D eigenvalue weighted by atomic mass is 9.90. The molecular formula is C17H25N3O. The van der Waals surface area contributed by atoms with E-state index in [2.05, 4.69) is 23.3 Å². The minimum atomic E-state index is 0.561. The molecular weight excluding hydrogens is 262 g/mol. The minimum Gasteiger partial charge on any atom is -0.495 e. The highest BCUT2D eigenvalue weighted by Gasteiger charge is 2.25. The second kappa shape index (κ2) is 6.82. The third kappa shape index (κ3) is 3.14. The number of ether oxygens (including phenoxy) is 1. The van der Waals surface area contributed by atoms with Crippen LogP contribution in [0.15, 0.2) is 12.1 Å². The van der Waals surface area contributed by atoms with Crippen molar-refractivity contribution in [1.82, 2.24) is 5.32 Å². The molecule has 0 aliphatic heterocycles. The van der Waals surface area contributed by atoms with Crippen LogP contribution >= 0.6 is 0 Å². The summed E-state index contributed by atoms with van der Waals surface area (Å²) in [4.78, 5) is 2.35. The van der Waals surface area contributed by atoms with E-state index in [-0.39, 0.29) is 0 Å². The normalized spacial score (nSPS) is 21.7. The zero-order valence-electron chi connectivity index (χ0n) is 13.4. The van der Waals surface area contributed by atoms with Crippen molar-refractivity contribution in [2.24, 2.45) is 0 Å². The summed E-state index contributed by atoms with van der Waals surface area (Å²) >= 11 is 0. The topological polar surface area (TPSA) is 48.3 Å². The summed E-state index contributed by atoms with van der Waals surface area (Å²) < 4.78 is 5.42. The molecule has 114 valence electrons. The number of hydrogen-bond acceptors (Lipinski definition) is 4. The van der Waals surface area contributed by atoms with Gasteiger partial charge in [0.2, 0.25) is 0 Å². The van der Waals surface area contributed by atoms with E-state index >= 15 is 0 Å². The fraction of sp³-hybridized carbons (Fsp3) is 0.588. The van der Waals surface area contributed by atoms with Crippen LogP contribution in [0.5, 0.6) is 5.75 Å². The van der Waals surface area contributed by atoms with Gasteiger partial charge in [-0.1, -0.05) is 0 Å². The van der Waals surface area contributed by atoms with E-state index in [0.29, 0.717) is 23.4 Å². The van der Waals surface area contributed by atoms with Crippen molar-refractivity contribution in [3.63, 3.8) is 0 Å². The molecule has 0 aromatic heterocycles. The highest BCUT2D eigenvalue weighted by molar-refractivity contribution is 5.64. The Kier molecular flexibility index (Phi) is 5.08. The predicted molar refractivity (Wildman–Crippen MR) is 86.0 cm³/mol. The van der Waals surface area contributed by atoms with Crippen LogP contribution in [0.25, 0.3) is 0 Å². The van der Waals surface area contributed by atoms with Crippen molar-refractivity contribution in [3.8, 4) is 11.8 Å². The number of methoxy groups -OCH3 is 1. The van der Waals surface area contributed by atoms with Gasteiger partial charge in [-0.15, -0.1) is 0 Å². The molecule has 1 aliphatic carbocycles. The zero-order valence-corrected chi connectivity index (χ0v) is 13.4. The van der Waals surface area contributed by atoms with E-state index in [0.717, 1.165) is 5.56 Å². The van der Waals surface area contributed by atoms with Gasteiger partial charge in [-0.2, -0.15) is 5.26 Å². The quantitative estimate of drug-likeness (QED) is 0.925. The second-order valence-corrected chi connectivity index (χ2v) is 5.81. The van der Waals surface area contributed by atoms with E-state index < -0.39 is 0 Å². The maximum absolute atomic E-state index is 9.16. The molecule has 0 bridgehead atoms. The number of benzene rings is 1. The summed E-state index contributed by atoms with van der Waals surface area (Å²) in [5, 5.41) is 12.5. The summed E-state index contributed by atoms with van der Waals surface area (Å²) in [7, 11) is 5.83. The summed E-state index contributed by atoms with van der Waals surface area (Å²) in [6.07, 6.45) is 4.84. The van der Waals surface area contributed by atoms with E-state index in [9.17, 15) is 0 Å². The molecule has 0 radical (unpaired) electrons. The predicted octanol–water partition coefficient (Wildman–Crippen LogP) is 2.84. The van der Waals surface area contributed by atoms with Gasteiger partial charge >= 0.3 is 0 Å². The first-order chi connectivity index (χ1) is 10.1. The molecule has 1 N–H and O–H groups in total. The second-order valence-electron chi connectivity index (χ2n) is 5.81. The van der Waals surface area contributed by atoms with Gasteiger partial charge < -0.3 is 15.0 Å². The van der Waals surface area contributed by atoms with Crippen molar-refractivity contribution in [2.75, 3.05) is 26.1 Å². The monoisotopic (exact) mass is 287 g/mol. The molecule has 4 nitrogen and oxygen atoms in total. The van der Waals surface area contributed by atoms with E-state index in [1.54, 1.807) is 7.11 Å². The number of rotatable bonds is 4. The summed E-state index contributed by atoms with van der Waals surface area (Å²) in [6.45, 7) is 2.03. The Morgan fingerprint density at radius 2 is 1.95 bits per heavy atom. The molecule has 0 atom stereocenters. The number of nitrogens with zero attached hydrogens (tertiary/aromatic N) is 2. The third-order valence-corrected chi connectivity index (χ3v) is 4.73. The van der Waals surface area contributed by atoms with Gasteiger partial charge in [-0.3, -0.25) is 0 Å². The van der Waals surface area contributed by atoms with Crippen LogP contribution in [-0.4, -0.2) is 33.3 Å². The summed E-state index contributed by atoms with van der Waals surface area (Å²) in [5.74, 6) is 0.700. The highest BCUT2D eigenvalue weighted by atomic mass is 16.5. The van der Waals surface area contributed by atoms with Crippen LogP contribution in [0.1, 0.15) is 36.8 Å². The number of anilines is 1. The molecule has 1 fully saturated rings. The van der Waals surface area contributed by atoms with Crippen molar-refractivity contribution >= 4 is 5.69 Å². The van der Waals surface area contributed by atoms with E-state index in [1.165, 1.54) is 31.4 Å². The van der Waals surface area contributed by atoms with Crippen LogP contribution in [0.4, 0.5) is 5.69 Å². The van der Waals surface area contributed by atoms with Gasteiger partial charge in [0.1, 0.15) is 11.8 Å². The van der Waals surface area contributed by atoms with Crippen molar-refractivity contribution < 1.29 is 4.74 Å². The largest absolute Gasteiger partial charge is 0.495 e. The van der Waals surface area contributed by atoms with Gasteiger partial charge in [0.15, 0.2) is 0 Å². The van der Waals surface area contributed by atoms with Crippen LogP contribution in [-0.2, 0) is 0 Å². The van der Waals surface area contributed by atoms with Gasteiger partial charge in [0.05, 0.1) is 12.7 Å². The SMILES string of the molecule is CNC1CCC(N(C)c2ccc(C#N)c(OC)c2C)CC1. The Labute approximate surface area is 127 Å². The maximum atomic E-state index is 9.16. The van der Waals surface area contributed by atoms with Crippen LogP contribution < -0.4 is 15.0 Å². The molecule has 21 heavy (non-hydrogen) atoms. The molecule has 4 heteroatoms. The Balaban J connectivity index is 2.20. The number of nitrogens with one attached hydrogen (secondary N) is 1. The van der Waals surface area contributed by atoms with Gasteiger partial charge in [0, 0.05) is 30.4 Å². The average molecular weight is 287 g/mol. The highest BCUT2D eigenvalue weighted by Crippen LogP contribution is 2.34. The lowest BCUT2D eigenvalue weighted by Crippen LogP contribution is -2.40. The fourth-order valence-corrected chi connectivity index (χ4v) is 3.36. The molecule has 2 rings (SSSR count). The summed E-state index contributed by atoms with van der Waals surface area (Å²) in [5.41, 5.74) is 2.82. The number of nitriles is 1. The van der Waals surface area contributed by atoms with E-state index in [4.69, 9.17) is 10.00 Å². The average Bonchev–Trinajstić information content (AvgIpc) is 2.53. The first-order valence-corrected chi connectivity index (χ1v) is 7.60. The molecule has 1 aliphatic rings. The molecule has 1 aromatic carbocycles. The molecule has 0 amide bonds. The minimum absolute atomic E-state index is 0.561. The van der Waals surface area contributed by atoms with Crippen LogP contribution in [0.3, 0.4) is 0 Å². The zero-order chi connectivity index (χ0) is 15.4. The Morgan fingerprint density at radius 3 is 2.48 bits per heavy atom. The van der Waals surface area contributed by atoms with Crippen molar-refractivity contribution in [2.45, 2.75) is 44.7 Å². The molecule has 0 spiro atoms. The van der Waals surface area contributed by atoms with Crippen LogP contribution in [0.2, 0.25) is 0 Å². The maximum Gasteiger partial charge on any atom is 0.141 e. The Morgan fingerprint density at radius 1 is 1.29 bits per heavy atom. The molecule has 1 saturated carbocycles. The first-order valence-electron chi connectivity index (χ1n) is 7.60. The van der Waals surface area contributed by atoms with Gasteiger partial charge in [-0.25, -0.2) is 0 Å². The standard InChI is InChI=1S/C17H25N3O/c1-12-16(10-5-13(11-18)17(12)21-4)20(3)15-8-6-14(19-2)7-9-15/h5,10,14-15,19H,6-9H2,1-4H3. The van der Waals surface area contributed by atoms with Crippen molar-refractivity contribution in [3.05, 3.63) is 23.3 Å². The lowest BCUT2D eigenvalue weighted by Gasteiger charge is -2.36. The summed E-state index contributed by atoms with van der Waals surface area (Å²) in [6, 6.07) is 7.31. The smallest absolute Gasteiger partial charge is 0.141 e.